The van der Waals surface area contributed by atoms with E-state index in [4.69, 9.17) is 14.2 Å². The number of hydrogen-bond donors (Lipinski definition) is 2. The summed E-state index contributed by atoms with van der Waals surface area (Å²) < 4.78 is 28.1. The first-order valence-electron chi connectivity index (χ1n) is 8.08. The molecule has 27 heavy (non-hydrogen) atoms. The fourth-order valence-electron chi connectivity index (χ4n) is 2.42. The Labute approximate surface area is 156 Å². The van der Waals surface area contributed by atoms with Crippen LogP contribution in [0.5, 0.6) is 11.5 Å². The van der Waals surface area contributed by atoms with Crippen molar-refractivity contribution in [2.75, 3.05) is 26.6 Å². The van der Waals surface area contributed by atoms with Gasteiger partial charge in [0.25, 0.3) is 0 Å². The molecule has 1 unspecified atom stereocenters. The smallest absolute Gasteiger partial charge is 0.328 e. The van der Waals surface area contributed by atoms with Gasteiger partial charge in [-0.3, -0.25) is 0 Å². The number of anilines is 1. The molecular formula is C19H21FN2O5. The molecule has 144 valence electrons. The quantitative estimate of drug-likeness (QED) is 0.726. The lowest BCUT2D eigenvalue weighted by molar-refractivity contribution is -0.142. The number of amides is 2. The molecule has 0 aliphatic rings. The summed E-state index contributed by atoms with van der Waals surface area (Å²) in [5.41, 5.74) is 1.05. The Hall–Kier alpha value is -3.29. The number of carbonyl (C=O) groups is 2. The molecule has 1 atom stereocenters. The topological polar surface area (TPSA) is 85.9 Å². The number of carbonyl (C=O) groups excluding carboxylic acids is 2. The fraction of sp³-hybridized carbons (Fsp3) is 0.263. The lowest BCUT2D eigenvalue weighted by Crippen LogP contribution is -2.45. The van der Waals surface area contributed by atoms with Crippen molar-refractivity contribution in [1.82, 2.24) is 5.32 Å². The summed E-state index contributed by atoms with van der Waals surface area (Å²) in [5.74, 6) is -0.0442. The number of hydrogen-bond acceptors (Lipinski definition) is 5. The third-order valence-corrected chi connectivity index (χ3v) is 3.80. The molecule has 0 aliphatic heterocycles. The molecule has 0 saturated carbocycles. The SMILES string of the molecule is COC(=O)C(Cc1ccc(F)cc1)NC(=O)Nc1cc(OC)ccc1OC. The van der Waals surface area contributed by atoms with Crippen LogP contribution in [0.2, 0.25) is 0 Å². The summed E-state index contributed by atoms with van der Waals surface area (Å²) in [6.07, 6.45) is 0.148. The van der Waals surface area contributed by atoms with Crippen molar-refractivity contribution in [1.29, 1.82) is 0 Å². The highest BCUT2D eigenvalue weighted by atomic mass is 19.1. The number of rotatable bonds is 7. The maximum absolute atomic E-state index is 13.0. The summed E-state index contributed by atoms with van der Waals surface area (Å²) in [6, 6.07) is 8.99. The summed E-state index contributed by atoms with van der Waals surface area (Å²) in [5, 5.41) is 5.17. The van der Waals surface area contributed by atoms with Gasteiger partial charge in [-0.2, -0.15) is 0 Å². The molecule has 0 saturated heterocycles. The first-order valence-corrected chi connectivity index (χ1v) is 8.08. The highest BCUT2D eigenvalue weighted by molar-refractivity contribution is 5.94. The van der Waals surface area contributed by atoms with Crippen LogP contribution in [0.15, 0.2) is 42.5 Å². The Morgan fingerprint density at radius 3 is 2.33 bits per heavy atom. The van der Waals surface area contributed by atoms with Crippen LogP contribution >= 0.6 is 0 Å². The van der Waals surface area contributed by atoms with E-state index < -0.39 is 18.0 Å². The lowest BCUT2D eigenvalue weighted by Gasteiger charge is -2.18. The van der Waals surface area contributed by atoms with Gasteiger partial charge in [-0.05, 0) is 29.8 Å². The normalized spacial score (nSPS) is 11.3. The Morgan fingerprint density at radius 2 is 1.74 bits per heavy atom. The van der Waals surface area contributed by atoms with E-state index >= 15 is 0 Å². The van der Waals surface area contributed by atoms with Crippen molar-refractivity contribution >= 4 is 17.7 Å². The average Bonchev–Trinajstić information content (AvgIpc) is 2.68. The second-order valence-corrected chi connectivity index (χ2v) is 5.57. The second kappa shape index (κ2) is 9.42. The molecule has 2 rings (SSSR count). The minimum absolute atomic E-state index is 0.148. The maximum Gasteiger partial charge on any atom is 0.328 e. The van der Waals surface area contributed by atoms with Crippen LogP contribution in [0, 0.1) is 5.82 Å². The molecule has 0 heterocycles. The van der Waals surface area contributed by atoms with E-state index in [1.807, 2.05) is 0 Å². The Balaban J connectivity index is 2.11. The number of methoxy groups -OCH3 is 3. The number of esters is 1. The van der Waals surface area contributed by atoms with Crippen LogP contribution in [-0.4, -0.2) is 39.4 Å². The molecule has 7 nitrogen and oxygen atoms in total. The molecule has 2 aromatic rings. The number of urea groups is 1. The Morgan fingerprint density at radius 1 is 1.04 bits per heavy atom. The van der Waals surface area contributed by atoms with E-state index in [2.05, 4.69) is 10.6 Å². The van der Waals surface area contributed by atoms with Crippen molar-refractivity contribution in [3.63, 3.8) is 0 Å². The van der Waals surface area contributed by atoms with Gasteiger partial charge < -0.3 is 24.8 Å². The number of benzene rings is 2. The van der Waals surface area contributed by atoms with E-state index in [0.29, 0.717) is 22.7 Å². The summed E-state index contributed by atoms with van der Waals surface area (Å²) >= 11 is 0. The molecule has 8 heteroatoms. The molecule has 0 fully saturated rings. The maximum atomic E-state index is 13.0. The number of halogens is 1. The van der Waals surface area contributed by atoms with Gasteiger partial charge in [-0.1, -0.05) is 12.1 Å². The first-order chi connectivity index (χ1) is 13.0. The molecule has 2 N–H and O–H groups in total. The largest absolute Gasteiger partial charge is 0.497 e. The van der Waals surface area contributed by atoms with E-state index in [1.54, 1.807) is 18.2 Å². The summed E-state index contributed by atoms with van der Waals surface area (Å²) in [7, 11) is 4.20. The highest BCUT2D eigenvalue weighted by Gasteiger charge is 2.22. The minimum atomic E-state index is -0.947. The standard InChI is InChI=1S/C19H21FN2O5/c1-25-14-8-9-17(26-2)15(11-14)21-19(24)22-16(18(23)27-3)10-12-4-6-13(20)7-5-12/h4-9,11,16H,10H2,1-3H3,(H2,21,22,24). The number of ether oxygens (including phenoxy) is 3. The van der Waals surface area contributed by atoms with Crippen molar-refractivity contribution in [3.8, 4) is 11.5 Å². The zero-order valence-corrected chi connectivity index (χ0v) is 15.2. The average molecular weight is 376 g/mol. The van der Waals surface area contributed by atoms with Crippen LogP contribution < -0.4 is 20.1 Å². The molecule has 0 radical (unpaired) electrons. The number of nitrogens with one attached hydrogen (secondary N) is 2. The molecule has 0 aromatic heterocycles. The van der Waals surface area contributed by atoms with Crippen molar-refractivity contribution in [2.45, 2.75) is 12.5 Å². The second-order valence-electron chi connectivity index (χ2n) is 5.57. The van der Waals surface area contributed by atoms with Crippen LogP contribution in [0.25, 0.3) is 0 Å². The van der Waals surface area contributed by atoms with E-state index in [1.165, 1.54) is 45.6 Å². The first kappa shape index (κ1) is 20.0. The van der Waals surface area contributed by atoms with Gasteiger partial charge in [0.2, 0.25) is 0 Å². The molecule has 0 spiro atoms. The van der Waals surface area contributed by atoms with Crippen molar-refractivity contribution in [3.05, 3.63) is 53.8 Å². The van der Waals surface area contributed by atoms with E-state index in [-0.39, 0.29) is 12.2 Å². The molecule has 2 aromatic carbocycles. The van der Waals surface area contributed by atoms with Crippen LogP contribution in [0.1, 0.15) is 5.56 Å². The Bertz CT molecular complexity index is 795. The van der Waals surface area contributed by atoms with Gasteiger partial charge in [0.05, 0.1) is 27.0 Å². The Kier molecular flexibility index (Phi) is 6.99. The van der Waals surface area contributed by atoms with Gasteiger partial charge in [0.1, 0.15) is 23.4 Å². The van der Waals surface area contributed by atoms with Crippen LogP contribution in [0.4, 0.5) is 14.9 Å². The zero-order valence-electron chi connectivity index (χ0n) is 15.2. The minimum Gasteiger partial charge on any atom is -0.497 e. The van der Waals surface area contributed by atoms with Crippen LogP contribution in [0.3, 0.4) is 0 Å². The third-order valence-electron chi connectivity index (χ3n) is 3.80. The van der Waals surface area contributed by atoms with Crippen molar-refractivity contribution in [2.24, 2.45) is 0 Å². The van der Waals surface area contributed by atoms with Gasteiger partial charge in [0, 0.05) is 12.5 Å². The fourth-order valence-corrected chi connectivity index (χ4v) is 2.42. The lowest BCUT2D eigenvalue weighted by atomic mass is 10.1. The molecule has 0 aliphatic carbocycles. The van der Waals surface area contributed by atoms with Crippen molar-refractivity contribution < 1.29 is 28.2 Å². The summed E-state index contributed by atoms with van der Waals surface area (Å²) in [4.78, 5) is 24.4. The van der Waals surface area contributed by atoms with Crippen LogP contribution in [-0.2, 0) is 16.0 Å². The highest BCUT2D eigenvalue weighted by Crippen LogP contribution is 2.28. The van der Waals surface area contributed by atoms with Gasteiger partial charge in [0.15, 0.2) is 0 Å². The predicted molar refractivity (Wildman–Crippen MR) is 97.6 cm³/mol. The van der Waals surface area contributed by atoms with E-state index in [9.17, 15) is 14.0 Å². The van der Waals surface area contributed by atoms with Gasteiger partial charge in [-0.25, -0.2) is 14.0 Å². The monoisotopic (exact) mass is 376 g/mol. The zero-order chi connectivity index (χ0) is 19.8. The van der Waals surface area contributed by atoms with E-state index in [0.717, 1.165) is 0 Å². The third kappa shape index (κ3) is 5.60. The molecular weight excluding hydrogens is 355 g/mol. The van der Waals surface area contributed by atoms with Gasteiger partial charge in [-0.15, -0.1) is 0 Å². The predicted octanol–water partition coefficient (Wildman–Crippen LogP) is 2.75. The van der Waals surface area contributed by atoms with Gasteiger partial charge >= 0.3 is 12.0 Å². The molecule has 2 amide bonds. The molecule has 0 bridgehead atoms. The summed E-state index contributed by atoms with van der Waals surface area (Å²) in [6.45, 7) is 0.